The lowest BCUT2D eigenvalue weighted by molar-refractivity contribution is -0.192. The maximum atomic E-state index is 10.6. The summed E-state index contributed by atoms with van der Waals surface area (Å²) in [5, 5.41) is 10.3. The van der Waals surface area contributed by atoms with Crippen LogP contribution >= 0.6 is 0 Å². The number of alkyl halides is 3. The van der Waals surface area contributed by atoms with Gasteiger partial charge in [-0.3, -0.25) is 0 Å². The zero-order valence-corrected chi connectivity index (χ0v) is 7.93. The van der Waals surface area contributed by atoms with Crippen LogP contribution in [0.3, 0.4) is 0 Å². The number of carboxylic acid groups (broad SMARTS) is 1. The average molecular weight is 214 g/mol. The molecule has 7 heteroatoms. The number of likely N-dealkylation sites (N-methyl/N-ethyl adjacent to an activating group) is 1. The summed E-state index contributed by atoms with van der Waals surface area (Å²) in [6.07, 6.45) is -5.08. The molecular weight excluding hydrogens is 201 g/mol. The van der Waals surface area contributed by atoms with Gasteiger partial charge in [0.2, 0.25) is 0 Å². The molecule has 0 radical (unpaired) electrons. The van der Waals surface area contributed by atoms with Gasteiger partial charge in [-0.1, -0.05) is 0 Å². The van der Waals surface area contributed by atoms with E-state index in [-0.39, 0.29) is 0 Å². The van der Waals surface area contributed by atoms with Gasteiger partial charge >= 0.3 is 12.1 Å². The first-order valence-electron chi connectivity index (χ1n) is 3.92. The Hall–Kier alpha value is -0.820. The maximum Gasteiger partial charge on any atom is 0.490 e. The third kappa shape index (κ3) is 5.03. The number of nitrogens with one attached hydrogen (secondary N) is 1. The Morgan fingerprint density at radius 3 is 1.79 bits per heavy atom. The fourth-order valence-corrected chi connectivity index (χ4v) is 0.639. The summed E-state index contributed by atoms with van der Waals surface area (Å²) in [6, 6.07) is 0.806. The quantitative estimate of drug-likeness (QED) is 0.652. The molecule has 0 bridgehead atoms. The molecule has 0 aromatic rings. The van der Waals surface area contributed by atoms with E-state index in [4.69, 9.17) is 9.90 Å². The summed E-state index contributed by atoms with van der Waals surface area (Å²) in [7, 11) is 4.23. The highest BCUT2D eigenvalue weighted by Crippen LogP contribution is 2.13. The molecule has 1 aliphatic rings. The Kier molecular flexibility index (Phi) is 4.86. The van der Waals surface area contributed by atoms with Crippen LogP contribution in [0.4, 0.5) is 13.2 Å². The molecule has 0 aromatic heterocycles. The van der Waals surface area contributed by atoms with Gasteiger partial charge < -0.3 is 15.3 Å². The first-order valence-corrected chi connectivity index (χ1v) is 3.92. The largest absolute Gasteiger partial charge is 0.490 e. The van der Waals surface area contributed by atoms with Crippen molar-refractivity contribution in [2.45, 2.75) is 12.2 Å². The molecule has 0 aromatic carbocycles. The van der Waals surface area contributed by atoms with Gasteiger partial charge in [0, 0.05) is 19.1 Å². The highest BCUT2D eigenvalue weighted by molar-refractivity contribution is 5.73. The van der Waals surface area contributed by atoms with Crippen molar-refractivity contribution in [1.29, 1.82) is 0 Å². The number of hydrogen-bond acceptors (Lipinski definition) is 3. The van der Waals surface area contributed by atoms with E-state index in [1.807, 2.05) is 0 Å². The van der Waals surface area contributed by atoms with Crippen LogP contribution in [0.2, 0.25) is 0 Å². The Labute approximate surface area is 79.7 Å². The third-order valence-electron chi connectivity index (χ3n) is 1.73. The van der Waals surface area contributed by atoms with Crippen LogP contribution in [0.5, 0.6) is 0 Å². The van der Waals surface area contributed by atoms with E-state index in [9.17, 15) is 13.2 Å². The molecule has 2 N–H and O–H groups in total. The summed E-state index contributed by atoms with van der Waals surface area (Å²) in [6.45, 7) is 2.35. The standard InChI is InChI=1S/C5H12N2.C2HF3O2/c1-7(2)5-3-6-4-5;3-2(4,5)1(6)7/h5-6H,3-4H2,1-2H3;(H,6,7). The van der Waals surface area contributed by atoms with Gasteiger partial charge in [-0.25, -0.2) is 4.79 Å². The summed E-state index contributed by atoms with van der Waals surface area (Å²) in [5.74, 6) is -2.76. The van der Waals surface area contributed by atoms with Crippen molar-refractivity contribution < 1.29 is 23.1 Å². The van der Waals surface area contributed by atoms with Crippen molar-refractivity contribution >= 4 is 5.97 Å². The van der Waals surface area contributed by atoms with Crippen molar-refractivity contribution in [3.8, 4) is 0 Å². The molecule has 1 fully saturated rings. The average Bonchev–Trinajstić information content (AvgIpc) is 1.79. The van der Waals surface area contributed by atoms with E-state index < -0.39 is 12.1 Å². The van der Waals surface area contributed by atoms with Crippen molar-refractivity contribution in [3.63, 3.8) is 0 Å². The predicted octanol–water partition coefficient (Wildman–Crippen LogP) is 0.153. The molecule has 1 saturated heterocycles. The monoisotopic (exact) mass is 214 g/mol. The molecule has 0 aliphatic carbocycles. The highest BCUT2D eigenvalue weighted by Gasteiger charge is 2.38. The number of halogens is 3. The minimum Gasteiger partial charge on any atom is -0.475 e. The molecule has 0 saturated carbocycles. The molecule has 1 rings (SSSR count). The Morgan fingerprint density at radius 1 is 1.43 bits per heavy atom. The SMILES string of the molecule is CN(C)C1CNC1.O=C(O)C(F)(F)F. The Bertz CT molecular complexity index is 190. The Balaban J connectivity index is 0.000000241. The predicted molar refractivity (Wildman–Crippen MR) is 44.0 cm³/mol. The van der Waals surface area contributed by atoms with Crippen LogP contribution < -0.4 is 5.32 Å². The number of carboxylic acids is 1. The van der Waals surface area contributed by atoms with Crippen LogP contribution in [-0.2, 0) is 4.79 Å². The molecular formula is C7H13F3N2O2. The maximum absolute atomic E-state index is 10.6. The minimum absolute atomic E-state index is 0.806. The zero-order valence-electron chi connectivity index (χ0n) is 7.93. The molecule has 0 amide bonds. The lowest BCUT2D eigenvalue weighted by Crippen LogP contribution is -2.54. The smallest absolute Gasteiger partial charge is 0.475 e. The number of aliphatic carboxylic acids is 1. The van der Waals surface area contributed by atoms with E-state index in [1.165, 1.54) is 13.1 Å². The molecule has 0 atom stereocenters. The lowest BCUT2D eigenvalue weighted by Gasteiger charge is -2.32. The van der Waals surface area contributed by atoms with Gasteiger partial charge in [0.1, 0.15) is 0 Å². The van der Waals surface area contributed by atoms with Gasteiger partial charge in [-0.05, 0) is 14.1 Å². The minimum atomic E-state index is -5.08. The number of hydrogen-bond donors (Lipinski definition) is 2. The van der Waals surface area contributed by atoms with Gasteiger partial charge in [-0.2, -0.15) is 13.2 Å². The van der Waals surface area contributed by atoms with Crippen molar-refractivity contribution in [3.05, 3.63) is 0 Å². The van der Waals surface area contributed by atoms with E-state index in [0.717, 1.165) is 6.04 Å². The number of rotatable bonds is 1. The van der Waals surface area contributed by atoms with Gasteiger partial charge in [0.15, 0.2) is 0 Å². The van der Waals surface area contributed by atoms with Gasteiger partial charge in [-0.15, -0.1) is 0 Å². The topological polar surface area (TPSA) is 52.6 Å². The summed E-state index contributed by atoms with van der Waals surface area (Å²) < 4.78 is 31.7. The second-order valence-corrected chi connectivity index (χ2v) is 3.08. The van der Waals surface area contributed by atoms with Gasteiger partial charge in [0.05, 0.1) is 0 Å². The van der Waals surface area contributed by atoms with Crippen LogP contribution in [0.1, 0.15) is 0 Å². The van der Waals surface area contributed by atoms with Crippen LogP contribution in [0, 0.1) is 0 Å². The van der Waals surface area contributed by atoms with E-state index in [1.54, 1.807) is 0 Å². The fraction of sp³-hybridized carbons (Fsp3) is 0.857. The van der Waals surface area contributed by atoms with E-state index in [2.05, 4.69) is 24.3 Å². The zero-order chi connectivity index (χ0) is 11.4. The van der Waals surface area contributed by atoms with E-state index in [0.29, 0.717) is 0 Å². The molecule has 1 heterocycles. The van der Waals surface area contributed by atoms with E-state index >= 15 is 0 Å². The molecule has 4 nitrogen and oxygen atoms in total. The Morgan fingerprint density at radius 2 is 1.79 bits per heavy atom. The molecule has 0 spiro atoms. The molecule has 1 aliphatic heterocycles. The van der Waals surface area contributed by atoms with Crippen molar-refractivity contribution in [2.75, 3.05) is 27.2 Å². The van der Waals surface area contributed by atoms with Gasteiger partial charge in [0.25, 0.3) is 0 Å². The third-order valence-corrected chi connectivity index (χ3v) is 1.73. The molecule has 84 valence electrons. The normalized spacial score (nSPS) is 17.0. The van der Waals surface area contributed by atoms with Crippen LogP contribution in [0.25, 0.3) is 0 Å². The second kappa shape index (κ2) is 5.16. The van der Waals surface area contributed by atoms with Crippen LogP contribution in [-0.4, -0.2) is 55.4 Å². The highest BCUT2D eigenvalue weighted by atomic mass is 19.4. The summed E-state index contributed by atoms with van der Waals surface area (Å²) in [4.78, 5) is 11.1. The second-order valence-electron chi connectivity index (χ2n) is 3.08. The van der Waals surface area contributed by atoms with Crippen molar-refractivity contribution in [1.82, 2.24) is 10.2 Å². The summed E-state index contributed by atoms with van der Waals surface area (Å²) in [5.41, 5.74) is 0. The lowest BCUT2D eigenvalue weighted by atomic mass is 10.2. The summed E-state index contributed by atoms with van der Waals surface area (Å²) >= 11 is 0. The number of nitrogens with zero attached hydrogens (tertiary/aromatic N) is 1. The molecule has 14 heavy (non-hydrogen) atoms. The van der Waals surface area contributed by atoms with Crippen molar-refractivity contribution in [2.24, 2.45) is 0 Å². The van der Waals surface area contributed by atoms with Crippen LogP contribution in [0.15, 0.2) is 0 Å². The number of carbonyl (C=O) groups is 1. The first kappa shape index (κ1) is 13.2. The fourth-order valence-electron chi connectivity index (χ4n) is 0.639. The first-order chi connectivity index (χ1) is 6.25. The molecule has 0 unspecified atom stereocenters.